The molecular weight excluding hydrogens is 328 g/mol. The van der Waals surface area contributed by atoms with Crippen molar-refractivity contribution in [3.63, 3.8) is 0 Å². The molecule has 2 aromatic rings. The molecule has 0 saturated carbocycles. The van der Waals surface area contributed by atoms with Crippen LogP contribution in [-0.4, -0.2) is 38.0 Å². The first kappa shape index (κ1) is 16.6. The number of benzene rings is 1. The van der Waals surface area contributed by atoms with Crippen molar-refractivity contribution < 1.29 is 19.0 Å². The second-order valence-electron chi connectivity index (χ2n) is 5.39. The van der Waals surface area contributed by atoms with E-state index >= 15 is 0 Å². The summed E-state index contributed by atoms with van der Waals surface area (Å²) in [5.74, 6) is 1.46. The molecule has 7 heteroatoms. The molecule has 0 aliphatic carbocycles. The van der Waals surface area contributed by atoms with Crippen LogP contribution in [0.3, 0.4) is 0 Å². The van der Waals surface area contributed by atoms with Gasteiger partial charge in [0.25, 0.3) is 0 Å². The van der Waals surface area contributed by atoms with E-state index in [4.69, 9.17) is 14.2 Å². The number of rotatable bonds is 7. The second kappa shape index (κ2) is 8.03. The van der Waals surface area contributed by atoms with Crippen LogP contribution < -0.4 is 14.8 Å². The summed E-state index contributed by atoms with van der Waals surface area (Å²) in [5, 5.41) is 6.97. The number of urea groups is 1. The molecule has 1 aromatic carbocycles. The number of nitrogens with zero attached hydrogens (tertiary/aromatic N) is 1. The van der Waals surface area contributed by atoms with E-state index in [1.807, 2.05) is 35.0 Å². The predicted molar refractivity (Wildman–Crippen MR) is 91.4 cm³/mol. The molecule has 1 aromatic heterocycles. The normalized spacial score (nSPS) is 12.2. The first-order chi connectivity index (χ1) is 11.8. The van der Waals surface area contributed by atoms with Crippen molar-refractivity contribution in [2.24, 2.45) is 0 Å². The van der Waals surface area contributed by atoms with Gasteiger partial charge >= 0.3 is 6.03 Å². The first-order valence-electron chi connectivity index (χ1n) is 7.67. The number of thiophene rings is 1. The maximum absolute atomic E-state index is 12.5. The van der Waals surface area contributed by atoms with Gasteiger partial charge in [-0.1, -0.05) is 6.07 Å². The highest BCUT2D eigenvalue weighted by Crippen LogP contribution is 2.32. The number of carbonyl (C=O) groups excluding carboxylic acids is 1. The summed E-state index contributed by atoms with van der Waals surface area (Å²) < 4.78 is 15.8. The lowest BCUT2D eigenvalue weighted by Gasteiger charge is -2.23. The summed E-state index contributed by atoms with van der Waals surface area (Å²) in [5.41, 5.74) is 2.09. The van der Waals surface area contributed by atoms with Crippen molar-refractivity contribution in [1.29, 1.82) is 0 Å². The largest absolute Gasteiger partial charge is 0.454 e. The molecule has 0 unspecified atom stereocenters. The lowest BCUT2D eigenvalue weighted by atomic mass is 10.2. The standard InChI is InChI=1S/C17H20N2O4S/c1-21-6-5-19(17(20)18-9-14-4-7-24-11-14)10-13-2-3-15-16(8-13)23-12-22-15/h2-4,7-8,11H,5-6,9-10,12H2,1H3,(H,18,20). The van der Waals surface area contributed by atoms with E-state index < -0.39 is 0 Å². The van der Waals surface area contributed by atoms with Gasteiger partial charge in [0.15, 0.2) is 11.5 Å². The van der Waals surface area contributed by atoms with Crippen LogP contribution in [0.15, 0.2) is 35.0 Å². The molecule has 0 fully saturated rings. The molecular formula is C17H20N2O4S. The van der Waals surface area contributed by atoms with Crippen LogP contribution in [0.4, 0.5) is 4.79 Å². The fraction of sp³-hybridized carbons (Fsp3) is 0.353. The average Bonchev–Trinajstić information content (AvgIpc) is 3.27. The van der Waals surface area contributed by atoms with Crippen LogP contribution in [0.5, 0.6) is 11.5 Å². The van der Waals surface area contributed by atoms with Crippen molar-refractivity contribution in [2.75, 3.05) is 27.1 Å². The number of methoxy groups -OCH3 is 1. The Morgan fingerprint density at radius 1 is 1.29 bits per heavy atom. The smallest absolute Gasteiger partial charge is 0.318 e. The van der Waals surface area contributed by atoms with Gasteiger partial charge < -0.3 is 24.4 Å². The van der Waals surface area contributed by atoms with Crippen molar-refractivity contribution >= 4 is 17.4 Å². The summed E-state index contributed by atoms with van der Waals surface area (Å²) in [7, 11) is 1.63. The molecule has 1 N–H and O–H groups in total. The molecule has 128 valence electrons. The minimum atomic E-state index is -0.115. The molecule has 2 amide bonds. The summed E-state index contributed by atoms with van der Waals surface area (Å²) in [6, 6.07) is 7.61. The molecule has 0 bridgehead atoms. The monoisotopic (exact) mass is 348 g/mol. The molecule has 0 atom stereocenters. The maximum Gasteiger partial charge on any atom is 0.318 e. The molecule has 1 aliphatic heterocycles. The summed E-state index contributed by atoms with van der Waals surface area (Å²) in [4.78, 5) is 14.2. The summed E-state index contributed by atoms with van der Waals surface area (Å²) >= 11 is 1.62. The van der Waals surface area contributed by atoms with Gasteiger partial charge in [-0.2, -0.15) is 11.3 Å². The van der Waals surface area contributed by atoms with Crippen LogP contribution in [0.2, 0.25) is 0 Å². The Morgan fingerprint density at radius 3 is 2.96 bits per heavy atom. The van der Waals surface area contributed by atoms with Crippen molar-refractivity contribution in [3.05, 3.63) is 46.2 Å². The van der Waals surface area contributed by atoms with Crippen molar-refractivity contribution in [3.8, 4) is 11.5 Å². The number of ether oxygens (including phenoxy) is 3. The van der Waals surface area contributed by atoms with Crippen LogP contribution in [0.25, 0.3) is 0 Å². The van der Waals surface area contributed by atoms with Gasteiger partial charge in [0.2, 0.25) is 6.79 Å². The van der Waals surface area contributed by atoms with E-state index in [9.17, 15) is 4.79 Å². The number of carbonyl (C=O) groups is 1. The van der Waals surface area contributed by atoms with Gasteiger partial charge in [-0.05, 0) is 40.1 Å². The SMILES string of the molecule is COCCN(Cc1ccc2c(c1)OCO2)C(=O)NCc1ccsc1. The minimum Gasteiger partial charge on any atom is -0.454 e. The summed E-state index contributed by atoms with van der Waals surface area (Å²) in [6.07, 6.45) is 0. The van der Waals surface area contributed by atoms with Crippen LogP contribution >= 0.6 is 11.3 Å². The molecule has 0 saturated heterocycles. The Labute approximate surface area is 144 Å². The second-order valence-corrected chi connectivity index (χ2v) is 6.17. The van der Waals surface area contributed by atoms with Gasteiger partial charge in [0, 0.05) is 26.7 Å². The Hall–Kier alpha value is -2.25. The fourth-order valence-corrected chi connectivity index (χ4v) is 3.06. The molecule has 24 heavy (non-hydrogen) atoms. The Morgan fingerprint density at radius 2 is 2.17 bits per heavy atom. The third kappa shape index (κ3) is 4.18. The number of hydrogen-bond donors (Lipinski definition) is 1. The van der Waals surface area contributed by atoms with Crippen LogP contribution in [-0.2, 0) is 17.8 Å². The summed E-state index contributed by atoms with van der Waals surface area (Å²) in [6.45, 7) is 2.24. The Kier molecular flexibility index (Phi) is 5.55. The van der Waals surface area contributed by atoms with Gasteiger partial charge in [0.1, 0.15) is 0 Å². The van der Waals surface area contributed by atoms with Gasteiger partial charge in [-0.15, -0.1) is 0 Å². The maximum atomic E-state index is 12.5. The number of nitrogens with one attached hydrogen (secondary N) is 1. The lowest BCUT2D eigenvalue weighted by molar-refractivity contribution is 0.146. The van der Waals surface area contributed by atoms with Gasteiger partial charge in [-0.3, -0.25) is 0 Å². The van der Waals surface area contributed by atoms with Gasteiger partial charge in [-0.25, -0.2) is 4.79 Å². The zero-order chi connectivity index (χ0) is 16.8. The fourth-order valence-electron chi connectivity index (χ4n) is 2.40. The molecule has 2 heterocycles. The molecule has 1 aliphatic rings. The average molecular weight is 348 g/mol. The molecule has 0 radical (unpaired) electrons. The number of amides is 2. The van der Waals surface area contributed by atoms with E-state index in [2.05, 4.69) is 5.32 Å². The predicted octanol–water partition coefficient (Wildman–Crippen LogP) is 2.84. The number of fused-ring (bicyclic) bond motifs is 1. The van der Waals surface area contributed by atoms with Crippen molar-refractivity contribution in [2.45, 2.75) is 13.1 Å². The van der Waals surface area contributed by atoms with Crippen LogP contribution in [0, 0.1) is 0 Å². The topological polar surface area (TPSA) is 60.0 Å². The lowest BCUT2D eigenvalue weighted by Crippen LogP contribution is -2.40. The Bertz CT molecular complexity index is 675. The van der Waals surface area contributed by atoms with Crippen molar-refractivity contribution in [1.82, 2.24) is 10.2 Å². The zero-order valence-electron chi connectivity index (χ0n) is 13.5. The van der Waals surface area contributed by atoms with E-state index in [0.717, 1.165) is 22.6 Å². The highest BCUT2D eigenvalue weighted by Gasteiger charge is 2.17. The zero-order valence-corrected chi connectivity index (χ0v) is 14.3. The third-order valence-corrected chi connectivity index (χ3v) is 4.42. The molecule has 6 nitrogen and oxygen atoms in total. The van der Waals surface area contributed by atoms with Gasteiger partial charge in [0.05, 0.1) is 6.61 Å². The first-order valence-corrected chi connectivity index (χ1v) is 8.62. The van der Waals surface area contributed by atoms with E-state index in [0.29, 0.717) is 26.2 Å². The highest BCUT2D eigenvalue weighted by atomic mass is 32.1. The van der Waals surface area contributed by atoms with Crippen LogP contribution in [0.1, 0.15) is 11.1 Å². The Balaban J connectivity index is 1.63. The number of hydrogen-bond acceptors (Lipinski definition) is 5. The van der Waals surface area contributed by atoms with E-state index in [-0.39, 0.29) is 12.8 Å². The highest BCUT2D eigenvalue weighted by molar-refractivity contribution is 7.07. The molecule has 3 rings (SSSR count). The molecule has 0 spiro atoms. The van der Waals surface area contributed by atoms with E-state index in [1.165, 1.54) is 0 Å². The van der Waals surface area contributed by atoms with E-state index in [1.54, 1.807) is 23.3 Å². The minimum absolute atomic E-state index is 0.115. The third-order valence-electron chi connectivity index (χ3n) is 3.69. The quantitative estimate of drug-likeness (QED) is 0.836.